The van der Waals surface area contributed by atoms with Crippen molar-refractivity contribution in [3.63, 3.8) is 0 Å². The quantitative estimate of drug-likeness (QED) is 0.524. The summed E-state index contributed by atoms with van der Waals surface area (Å²) < 4.78 is 0. The zero-order valence-electron chi connectivity index (χ0n) is 8.90. The van der Waals surface area contributed by atoms with Crippen molar-refractivity contribution >= 4 is 92.8 Å². The lowest BCUT2D eigenvalue weighted by Crippen LogP contribution is -2.50. The van der Waals surface area contributed by atoms with Gasteiger partial charge >= 0.3 is 0 Å². The molecule has 2 saturated carbocycles. The molecule has 18 heavy (non-hydrogen) atoms. The molecule has 0 radical (unpaired) electrons. The van der Waals surface area contributed by atoms with Gasteiger partial charge in [0, 0.05) is 28.0 Å². The van der Waals surface area contributed by atoms with E-state index < -0.39 is 31.3 Å². The van der Waals surface area contributed by atoms with Crippen LogP contribution in [0.25, 0.3) is 0 Å². The fourth-order valence-electron chi connectivity index (χ4n) is 3.62. The van der Waals surface area contributed by atoms with Crippen molar-refractivity contribution in [3.8, 4) is 0 Å². The number of hydrogen-bond donors (Lipinski definition) is 0. The Hall–Kier alpha value is 2.32. The standard InChI is InChI=1S/C10H10Cl8/c11-2-10(8(17)18)4-3(12)1-9(10,7(15)16)6(14)5(4)13/h3-8H,1-2H2/t3-,4-,5+,6-,9+,10+/m0/s1. The molecular weight excluding hydrogens is 404 g/mol. The second kappa shape index (κ2) is 5.51. The summed E-state index contributed by atoms with van der Waals surface area (Å²) in [4.78, 5) is -1.57. The molecule has 0 saturated heterocycles. The number of hydrogen-bond acceptors (Lipinski definition) is 0. The summed E-state index contributed by atoms with van der Waals surface area (Å²) >= 11 is 50.1. The number of alkyl halides is 8. The lowest BCUT2D eigenvalue weighted by Gasteiger charge is -2.45. The van der Waals surface area contributed by atoms with Crippen LogP contribution in [0, 0.1) is 16.7 Å². The fraction of sp³-hybridized carbons (Fsp3) is 1.00. The number of fused-ring (bicyclic) bond motifs is 2. The highest BCUT2D eigenvalue weighted by Crippen LogP contribution is 2.75. The molecule has 8 heteroatoms. The second-order valence-electron chi connectivity index (χ2n) is 4.91. The van der Waals surface area contributed by atoms with Crippen LogP contribution in [0.5, 0.6) is 0 Å². The Kier molecular flexibility index (Phi) is 5.10. The Bertz CT molecular complexity index is 326. The molecule has 0 aromatic carbocycles. The van der Waals surface area contributed by atoms with Crippen molar-refractivity contribution in [2.75, 3.05) is 5.88 Å². The van der Waals surface area contributed by atoms with Crippen molar-refractivity contribution in [3.05, 3.63) is 0 Å². The van der Waals surface area contributed by atoms with E-state index in [9.17, 15) is 0 Å². The summed E-state index contributed by atoms with van der Waals surface area (Å²) in [6.07, 6.45) is 0.511. The third-order valence-corrected chi connectivity index (χ3v) is 8.24. The Labute approximate surface area is 146 Å². The fourth-order valence-corrected chi connectivity index (χ4v) is 8.11. The van der Waals surface area contributed by atoms with Crippen LogP contribution < -0.4 is 0 Å². The average Bonchev–Trinajstić information content (AvgIpc) is 2.66. The minimum Gasteiger partial charge on any atom is -0.126 e. The zero-order chi connectivity index (χ0) is 13.9. The molecule has 0 unspecified atom stereocenters. The molecule has 106 valence electrons. The first-order valence-electron chi connectivity index (χ1n) is 5.31. The molecule has 2 aliphatic carbocycles. The largest absolute Gasteiger partial charge is 0.126 e. The Morgan fingerprint density at radius 2 is 1.56 bits per heavy atom. The predicted molar refractivity (Wildman–Crippen MR) is 83.6 cm³/mol. The normalized spacial score (nSPS) is 51.7. The number of rotatable bonds is 3. The van der Waals surface area contributed by atoms with E-state index in [1.807, 2.05) is 0 Å². The molecule has 2 aliphatic rings. The van der Waals surface area contributed by atoms with E-state index in [2.05, 4.69) is 0 Å². The first-order valence-corrected chi connectivity index (χ1v) is 8.90. The van der Waals surface area contributed by atoms with E-state index in [4.69, 9.17) is 92.8 Å². The second-order valence-corrected chi connectivity index (χ2v) is 8.90. The summed E-state index contributed by atoms with van der Waals surface area (Å²) in [6.45, 7) is 0. The number of halogens is 8. The molecule has 0 heterocycles. The molecule has 0 aliphatic heterocycles. The van der Waals surface area contributed by atoms with Gasteiger partial charge in [0.2, 0.25) is 0 Å². The molecular formula is C10H10Cl8. The van der Waals surface area contributed by atoms with Crippen molar-refractivity contribution < 1.29 is 0 Å². The van der Waals surface area contributed by atoms with Gasteiger partial charge in [-0.1, -0.05) is 0 Å². The van der Waals surface area contributed by atoms with Crippen molar-refractivity contribution in [2.45, 2.75) is 32.2 Å². The molecule has 0 aromatic heterocycles. The molecule has 2 rings (SSSR count). The van der Waals surface area contributed by atoms with Gasteiger partial charge in [0.05, 0.1) is 10.8 Å². The van der Waals surface area contributed by atoms with Gasteiger partial charge in [-0.15, -0.1) is 92.8 Å². The third-order valence-electron chi connectivity index (χ3n) is 4.50. The van der Waals surface area contributed by atoms with Crippen molar-refractivity contribution in [2.24, 2.45) is 16.7 Å². The van der Waals surface area contributed by atoms with Gasteiger partial charge in [-0.05, 0) is 6.42 Å². The van der Waals surface area contributed by atoms with Crippen LogP contribution >= 0.6 is 92.8 Å². The third kappa shape index (κ3) is 1.80. The topological polar surface area (TPSA) is 0 Å². The van der Waals surface area contributed by atoms with E-state index >= 15 is 0 Å². The molecule has 2 fully saturated rings. The average molecular weight is 414 g/mol. The first kappa shape index (κ1) is 16.7. The minimum absolute atomic E-state index is 0.168. The van der Waals surface area contributed by atoms with E-state index in [1.165, 1.54) is 0 Å². The van der Waals surface area contributed by atoms with Crippen molar-refractivity contribution in [1.82, 2.24) is 0 Å². The molecule has 0 nitrogen and oxygen atoms in total. The Morgan fingerprint density at radius 3 is 1.89 bits per heavy atom. The van der Waals surface area contributed by atoms with Crippen LogP contribution in [0.2, 0.25) is 0 Å². The van der Waals surface area contributed by atoms with Crippen LogP contribution in [0.15, 0.2) is 0 Å². The summed E-state index contributed by atoms with van der Waals surface area (Å²) in [5.41, 5.74) is -1.53. The summed E-state index contributed by atoms with van der Waals surface area (Å²) in [5, 5.41) is -1.10. The maximum absolute atomic E-state index is 6.45. The van der Waals surface area contributed by atoms with Gasteiger partial charge in [0.15, 0.2) is 0 Å². The summed E-state index contributed by atoms with van der Waals surface area (Å²) in [6, 6.07) is 0. The Morgan fingerprint density at radius 1 is 1.00 bits per heavy atom. The van der Waals surface area contributed by atoms with Gasteiger partial charge in [-0.25, -0.2) is 0 Å². The van der Waals surface area contributed by atoms with Gasteiger partial charge in [0.1, 0.15) is 9.67 Å². The Balaban J connectivity index is 2.64. The van der Waals surface area contributed by atoms with Gasteiger partial charge in [0.25, 0.3) is 0 Å². The van der Waals surface area contributed by atoms with Crippen molar-refractivity contribution in [1.29, 1.82) is 0 Å². The summed E-state index contributed by atoms with van der Waals surface area (Å²) in [5.74, 6) is -0.0400. The SMILES string of the molecule is ClC[C@]1(C(Cl)Cl)[C@@H]2[C@@H](Cl)[C@H](Cl)[C@@]1(C(Cl)Cl)C[C@@H]2Cl. The van der Waals surface area contributed by atoms with E-state index in [-0.39, 0.29) is 17.2 Å². The predicted octanol–water partition coefficient (Wildman–Crippen LogP) is 5.66. The highest BCUT2D eigenvalue weighted by Gasteiger charge is 2.78. The first-order chi connectivity index (χ1) is 8.27. The van der Waals surface area contributed by atoms with Crippen LogP contribution in [0.3, 0.4) is 0 Å². The zero-order valence-corrected chi connectivity index (χ0v) is 14.9. The maximum atomic E-state index is 6.45. The van der Waals surface area contributed by atoms with Gasteiger partial charge in [-0.3, -0.25) is 0 Å². The summed E-state index contributed by atoms with van der Waals surface area (Å²) in [7, 11) is 0. The molecule has 2 bridgehead atoms. The minimum atomic E-state index is -0.784. The maximum Gasteiger partial charge on any atom is 0.115 e. The van der Waals surface area contributed by atoms with Gasteiger partial charge < -0.3 is 0 Å². The van der Waals surface area contributed by atoms with E-state index in [1.54, 1.807) is 0 Å². The van der Waals surface area contributed by atoms with Crippen LogP contribution in [0.4, 0.5) is 0 Å². The van der Waals surface area contributed by atoms with E-state index in [0.717, 1.165) is 0 Å². The smallest absolute Gasteiger partial charge is 0.115 e. The highest BCUT2D eigenvalue weighted by molar-refractivity contribution is 6.48. The lowest BCUT2D eigenvalue weighted by atomic mass is 9.70. The highest BCUT2D eigenvalue weighted by atomic mass is 35.5. The monoisotopic (exact) mass is 410 g/mol. The van der Waals surface area contributed by atoms with Crippen LogP contribution in [-0.4, -0.2) is 31.7 Å². The van der Waals surface area contributed by atoms with E-state index in [0.29, 0.717) is 6.42 Å². The van der Waals surface area contributed by atoms with Gasteiger partial charge in [-0.2, -0.15) is 0 Å². The molecule has 0 N–H and O–H groups in total. The van der Waals surface area contributed by atoms with Crippen LogP contribution in [-0.2, 0) is 0 Å². The van der Waals surface area contributed by atoms with Crippen LogP contribution in [0.1, 0.15) is 6.42 Å². The molecule has 0 spiro atoms. The lowest BCUT2D eigenvalue weighted by molar-refractivity contribution is 0.144. The molecule has 6 atom stereocenters. The molecule has 0 amide bonds. The molecule has 0 aromatic rings.